The van der Waals surface area contributed by atoms with Gasteiger partial charge < -0.3 is 14.4 Å². The van der Waals surface area contributed by atoms with Crippen LogP contribution in [0, 0.1) is 0 Å². The predicted molar refractivity (Wildman–Crippen MR) is 76.4 cm³/mol. The zero-order chi connectivity index (χ0) is 14.1. The summed E-state index contributed by atoms with van der Waals surface area (Å²) >= 11 is 5.14. The number of carbonyl (C=O) groups excluding carboxylic acids is 1. The van der Waals surface area contributed by atoms with Gasteiger partial charge in [-0.2, -0.15) is 0 Å². The van der Waals surface area contributed by atoms with E-state index in [1.54, 1.807) is 26.0 Å². The molecular weight excluding hydrogens is 250 g/mol. The zero-order valence-electron chi connectivity index (χ0n) is 11.6. The highest BCUT2D eigenvalue weighted by molar-refractivity contribution is 7.80. The SMILES string of the molecule is CCOC(=O)C(C)=CC=C(C(=S)OCC)N(C)C. The summed E-state index contributed by atoms with van der Waals surface area (Å²) in [5, 5.41) is 0.412. The molecule has 0 heterocycles. The lowest BCUT2D eigenvalue weighted by molar-refractivity contribution is -0.138. The van der Waals surface area contributed by atoms with Crippen molar-refractivity contribution >= 4 is 23.2 Å². The predicted octanol–water partition coefficient (Wildman–Crippen LogP) is 2.31. The van der Waals surface area contributed by atoms with Crippen molar-refractivity contribution in [3.05, 3.63) is 23.4 Å². The molecule has 0 atom stereocenters. The Balaban J connectivity index is 4.92. The highest BCUT2D eigenvalue weighted by Gasteiger charge is 2.08. The number of thiocarbonyl (C=S) groups is 1. The smallest absolute Gasteiger partial charge is 0.333 e. The third-order valence-corrected chi connectivity index (χ3v) is 2.38. The Kier molecular flexibility index (Phi) is 8.03. The fraction of sp³-hybridized carbons (Fsp3) is 0.538. The molecule has 0 aliphatic rings. The van der Waals surface area contributed by atoms with Crippen molar-refractivity contribution in [2.24, 2.45) is 0 Å². The van der Waals surface area contributed by atoms with E-state index in [9.17, 15) is 4.79 Å². The van der Waals surface area contributed by atoms with Gasteiger partial charge in [-0.15, -0.1) is 0 Å². The second kappa shape index (κ2) is 8.69. The van der Waals surface area contributed by atoms with Gasteiger partial charge in [0.1, 0.15) is 0 Å². The Hall–Kier alpha value is -1.36. The molecule has 0 aromatic heterocycles. The monoisotopic (exact) mass is 271 g/mol. The highest BCUT2D eigenvalue weighted by Crippen LogP contribution is 2.07. The number of hydrogen-bond acceptors (Lipinski definition) is 5. The number of esters is 1. The summed E-state index contributed by atoms with van der Waals surface area (Å²) in [5.41, 5.74) is 1.27. The van der Waals surface area contributed by atoms with E-state index in [-0.39, 0.29) is 5.97 Å². The number of carbonyl (C=O) groups is 1. The number of hydrogen-bond donors (Lipinski definition) is 0. The Morgan fingerprint density at radius 1 is 1.17 bits per heavy atom. The maximum atomic E-state index is 11.4. The van der Waals surface area contributed by atoms with Crippen molar-refractivity contribution in [3.8, 4) is 0 Å². The Bertz CT molecular complexity index is 359. The summed E-state index contributed by atoms with van der Waals surface area (Å²) in [7, 11) is 3.73. The van der Waals surface area contributed by atoms with E-state index in [0.29, 0.717) is 23.8 Å². The average Bonchev–Trinajstić information content (AvgIpc) is 2.29. The minimum absolute atomic E-state index is 0.325. The third kappa shape index (κ3) is 5.82. The first-order valence-electron chi connectivity index (χ1n) is 5.84. The van der Waals surface area contributed by atoms with Crippen molar-refractivity contribution in [1.29, 1.82) is 0 Å². The van der Waals surface area contributed by atoms with Crippen LogP contribution in [0.1, 0.15) is 20.8 Å². The molecule has 0 fully saturated rings. The fourth-order valence-corrected chi connectivity index (χ4v) is 1.49. The quantitative estimate of drug-likeness (QED) is 0.321. The van der Waals surface area contributed by atoms with Crippen LogP contribution in [0.3, 0.4) is 0 Å². The second-order valence-corrected chi connectivity index (χ2v) is 4.11. The molecule has 0 unspecified atom stereocenters. The number of likely N-dealkylation sites (N-methyl/N-ethyl adjacent to an activating group) is 1. The van der Waals surface area contributed by atoms with Gasteiger partial charge in [0.25, 0.3) is 0 Å². The van der Waals surface area contributed by atoms with Crippen molar-refractivity contribution in [2.45, 2.75) is 20.8 Å². The van der Waals surface area contributed by atoms with E-state index >= 15 is 0 Å². The maximum Gasteiger partial charge on any atom is 0.333 e. The molecule has 0 spiro atoms. The molecule has 5 heteroatoms. The first-order valence-corrected chi connectivity index (χ1v) is 6.25. The van der Waals surface area contributed by atoms with E-state index in [1.807, 2.05) is 25.9 Å². The van der Waals surface area contributed by atoms with Crippen LogP contribution in [0.25, 0.3) is 0 Å². The Morgan fingerprint density at radius 2 is 1.72 bits per heavy atom. The molecule has 0 bridgehead atoms. The van der Waals surface area contributed by atoms with Crippen LogP contribution >= 0.6 is 12.2 Å². The molecule has 0 amide bonds. The second-order valence-electron chi connectivity index (χ2n) is 3.74. The zero-order valence-corrected chi connectivity index (χ0v) is 12.5. The van der Waals surface area contributed by atoms with Gasteiger partial charge in [0.15, 0.2) is 0 Å². The van der Waals surface area contributed by atoms with E-state index in [2.05, 4.69) is 0 Å². The van der Waals surface area contributed by atoms with Crippen molar-refractivity contribution in [1.82, 2.24) is 4.90 Å². The molecule has 0 aliphatic carbocycles. The molecule has 4 nitrogen and oxygen atoms in total. The van der Waals surface area contributed by atoms with Crippen molar-refractivity contribution < 1.29 is 14.3 Å². The Labute approximate surface area is 114 Å². The molecule has 0 aliphatic heterocycles. The molecule has 0 saturated carbocycles. The normalized spacial score (nSPS) is 12.1. The molecule has 18 heavy (non-hydrogen) atoms. The van der Waals surface area contributed by atoms with Gasteiger partial charge in [0.2, 0.25) is 5.05 Å². The molecule has 0 radical (unpaired) electrons. The van der Waals surface area contributed by atoms with Gasteiger partial charge >= 0.3 is 5.97 Å². The fourth-order valence-electron chi connectivity index (χ4n) is 1.12. The molecule has 0 rings (SSSR count). The molecule has 0 N–H and O–H groups in total. The van der Waals surface area contributed by atoms with Crippen molar-refractivity contribution in [3.63, 3.8) is 0 Å². The van der Waals surface area contributed by atoms with E-state index in [0.717, 1.165) is 5.70 Å². The summed E-state index contributed by atoms with van der Waals surface area (Å²) in [4.78, 5) is 13.3. The van der Waals surface area contributed by atoms with Gasteiger partial charge in [-0.25, -0.2) is 4.79 Å². The van der Waals surface area contributed by atoms with Crippen LogP contribution in [0.5, 0.6) is 0 Å². The standard InChI is InChI=1S/C13H21NO3S/c1-6-16-12(15)10(3)8-9-11(14(4)5)13(18)17-7-2/h8-9H,6-7H2,1-5H3. The van der Waals surface area contributed by atoms with Gasteiger partial charge in [0.05, 0.1) is 18.9 Å². The van der Waals surface area contributed by atoms with E-state index in [4.69, 9.17) is 21.7 Å². The minimum atomic E-state index is -0.325. The lowest BCUT2D eigenvalue weighted by Crippen LogP contribution is -2.20. The average molecular weight is 271 g/mol. The lowest BCUT2D eigenvalue weighted by Gasteiger charge is -2.17. The first kappa shape index (κ1) is 16.6. The summed E-state index contributed by atoms with van der Waals surface area (Å²) in [6.07, 6.45) is 3.43. The molecule has 0 aromatic rings. The van der Waals surface area contributed by atoms with Gasteiger partial charge in [-0.3, -0.25) is 0 Å². The number of allylic oxidation sites excluding steroid dienone is 2. The maximum absolute atomic E-state index is 11.4. The van der Waals surface area contributed by atoms with E-state index < -0.39 is 0 Å². The summed E-state index contributed by atoms with van der Waals surface area (Å²) < 4.78 is 10.2. The first-order chi connectivity index (χ1) is 8.43. The largest absolute Gasteiger partial charge is 0.482 e. The van der Waals surface area contributed by atoms with Gasteiger partial charge in [0, 0.05) is 19.7 Å². The molecular formula is C13H21NO3S. The molecule has 0 aromatic carbocycles. The van der Waals surface area contributed by atoms with Crippen LogP contribution in [0.4, 0.5) is 0 Å². The van der Waals surface area contributed by atoms with Crippen LogP contribution in [-0.4, -0.2) is 43.2 Å². The van der Waals surface area contributed by atoms with Crippen LogP contribution in [0.15, 0.2) is 23.4 Å². The van der Waals surface area contributed by atoms with Crippen LogP contribution in [-0.2, 0) is 14.3 Å². The Morgan fingerprint density at radius 3 is 2.17 bits per heavy atom. The van der Waals surface area contributed by atoms with Gasteiger partial charge in [-0.05, 0) is 45.1 Å². The number of nitrogens with zero attached hydrogens (tertiary/aromatic N) is 1. The third-order valence-electron chi connectivity index (χ3n) is 2.05. The topological polar surface area (TPSA) is 38.8 Å². The number of ether oxygens (including phenoxy) is 2. The van der Waals surface area contributed by atoms with Crippen LogP contribution in [0.2, 0.25) is 0 Å². The molecule has 102 valence electrons. The summed E-state index contributed by atoms with van der Waals surface area (Å²) in [6, 6.07) is 0. The highest BCUT2D eigenvalue weighted by atomic mass is 32.1. The minimum Gasteiger partial charge on any atom is -0.482 e. The summed E-state index contributed by atoms with van der Waals surface area (Å²) in [5.74, 6) is -0.325. The molecule has 0 saturated heterocycles. The van der Waals surface area contributed by atoms with Gasteiger partial charge in [-0.1, -0.05) is 0 Å². The number of rotatable bonds is 6. The van der Waals surface area contributed by atoms with Crippen molar-refractivity contribution in [2.75, 3.05) is 27.3 Å². The van der Waals surface area contributed by atoms with E-state index in [1.165, 1.54) is 0 Å². The summed E-state index contributed by atoms with van der Waals surface area (Å²) in [6.45, 7) is 6.23. The van der Waals surface area contributed by atoms with Crippen LogP contribution < -0.4 is 0 Å². The lowest BCUT2D eigenvalue weighted by atomic mass is 10.2.